The molecule has 1 atom stereocenters. The third-order valence-corrected chi connectivity index (χ3v) is 2.72. The number of nitrogens with zero attached hydrogens (tertiary/aromatic N) is 1. The number of hydrogen-bond acceptors (Lipinski definition) is 5. The van der Waals surface area contributed by atoms with E-state index in [-0.39, 0.29) is 18.9 Å². The Hall–Kier alpha value is -2.67. The standard InChI is InChI=1S/C14H14N2O5/c17-8-7-10(14(19)20)15-12(18)5-6-13-16-9-3-1-2-4-11(9)21-13/h1-6,10,17H,7-8H2,(H,15,18)(H,19,20)/b6-5+/t10-/m1/s1. The molecule has 2 rings (SSSR count). The summed E-state index contributed by atoms with van der Waals surface area (Å²) in [5.41, 5.74) is 1.27. The van der Waals surface area contributed by atoms with Gasteiger partial charge in [-0.1, -0.05) is 12.1 Å². The third-order valence-electron chi connectivity index (χ3n) is 2.72. The fraction of sp³-hybridized carbons (Fsp3) is 0.214. The third kappa shape index (κ3) is 3.90. The molecule has 0 bridgehead atoms. The zero-order valence-electron chi connectivity index (χ0n) is 11.0. The lowest BCUT2D eigenvalue weighted by molar-refractivity contribution is -0.141. The monoisotopic (exact) mass is 290 g/mol. The zero-order valence-corrected chi connectivity index (χ0v) is 11.0. The van der Waals surface area contributed by atoms with Crippen LogP contribution < -0.4 is 5.32 Å². The highest BCUT2D eigenvalue weighted by molar-refractivity contribution is 5.94. The summed E-state index contributed by atoms with van der Waals surface area (Å²) in [5.74, 6) is -1.55. The van der Waals surface area contributed by atoms with Crippen molar-refractivity contribution in [2.45, 2.75) is 12.5 Å². The van der Waals surface area contributed by atoms with Gasteiger partial charge in [-0.2, -0.15) is 0 Å². The Labute approximate surface area is 119 Å². The Balaban J connectivity index is 2.02. The number of para-hydroxylation sites is 2. The van der Waals surface area contributed by atoms with Gasteiger partial charge in [-0.05, 0) is 12.1 Å². The molecule has 0 saturated carbocycles. The van der Waals surface area contributed by atoms with E-state index in [0.29, 0.717) is 11.1 Å². The van der Waals surface area contributed by atoms with Gasteiger partial charge in [0.2, 0.25) is 11.8 Å². The minimum atomic E-state index is -1.20. The molecule has 1 aromatic heterocycles. The van der Waals surface area contributed by atoms with E-state index in [9.17, 15) is 9.59 Å². The Morgan fingerprint density at radius 3 is 2.81 bits per heavy atom. The van der Waals surface area contributed by atoms with Crippen molar-refractivity contribution in [2.75, 3.05) is 6.61 Å². The number of aliphatic hydroxyl groups is 1. The number of carbonyl (C=O) groups excluding carboxylic acids is 1. The maximum atomic E-state index is 11.6. The summed E-state index contributed by atoms with van der Waals surface area (Å²) in [5, 5.41) is 19.8. The van der Waals surface area contributed by atoms with Crippen molar-refractivity contribution >= 4 is 29.1 Å². The average molecular weight is 290 g/mol. The van der Waals surface area contributed by atoms with Crippen molar-refractivity contribution < 1.29 is 24.2 Å². The molecule has 1 amide bonds. The van der Waals surface area contributed by atoms with Gasteiger partial charge < -0.3 is 19.9 Å². The number of benzene rings is 1. The fourth-order valence-corrected chi connectivity index (χ4v) is 1.71. The molecular weight excluding hydrogens is 276 g/mol. The van der Waals surface area contributed by atoms with Gasteiger partial charge in [-0.25, -0.2) is 9.78 Å². The summed E-state index contributed by atoms with van der Waals surface area (Å²) in [6.45, 7) is -0.327. The normalized spacial score (nSPS) is 12.6. The van der Waals surface area contributed by atoms with E-state index in [1.54, 1.807) is 18.2 Å². The Morgan fingerprint density at radius 1 is 1.38 bits per heavy atom. The summed E-state index contributed by atoms with van der Waals surface area (Å²) in [7, 11) is 0. The highest BCUT2D eigenvalue weighted by atomic mass is 16.4. The Morgan fingerprint density at radius 2 is 2.14 bits per heavy atom. The van der Waals surface area contributed by atoms with Crippen LogP contribution >= 0.6 is 0 Å². The van der Waals surface area contributed by atoms with Crippen LogP contribution in [0.25, 0.3) is 17.2 Å². The minimum Gasteiger partial charge on any atom is -0.480 e. The molecule has 2 aromatic rings. The fourth-order valence-electron chi connectivity index (χ4n) is 1.71. The second-order valence-electron chi connectivity index (χ2n) is 4.26. The smallest absolute Gasteiger partial charge is 0.326 e. The molecule has 7 heteroatoms. The molecule has 0 unspecified atom stereocenters. The molecule has 110 valence electrons. The van der Waals surface area contributed by atoms with Crippen LogP contribution in [0.2, 0.25) is 0 Å². The largest absolute Gasteiger partial charge is 0.480 e. The molecule has 1 aromatic carbocycles. The topological polar surface area (TPSA) is 113 Å². The first kappa shape index (κ1) is 14.7. The number of aliphatic carboxylic acids is 1. The van der Waals surface area contributed by atoms with E-state index in [1.807, 2.05) is 6.07 Å². The highest BCUT2D eigenvalue weighted by Gasteiger charge is 2.17. The van der Waals surface area contributed by atoms with E-state index in [2.05, 4.69) is 10.3 Å². The van der Waals surface area contributed by atoms with Crippen LogP contribution in [0.4, 0.5) is 0 Å². The molecule has 0 aliphatic heterocycles. The van der Waals surface area contributed by atoms with Gasteiger partial charge in [0.15, 0.2) is 5.58 Å². The lowest BCUT2D eigenvalue weighted by atomic mass is 10.2. The Bertz CT molecular complexity index is 644. The van der Waals surface area contributed by atoms with Crippen LogP contribution in [0, 0.1) is 0 Å². The van der Waals surface area contributed by atoms with Crippen LogP contribution in [0.3, 0.4) is 0 Å². The lowest BCUT2D eigenvalue weighted by Crippen LogP contribution is -2.40. The molecule has 0 fully saturated rings. The SMILES string of the molecule is O=C(/C=C/c1nc2ccccc2o1)N[C@H](CCO)C(=O)O. The number of aliphatic hydroxyl groups excluding tert-OH is 1. The van der Waals surface area contributed by atoms with Crippen LogP contribution in [0.15, 0.2) is 34.8 Å². The number of carboxylic acids is 1. The van der Waals surface area contributed by atoms with Crippen LogP contribution in [0.1, 0.15) is 12.3 Å². The van der Waals surface area contributed by atoms with Crippen LogP contribution in [-0.4, -0.2) is 39.7 Å². The molecule has 0 radical (unpaired) electrons. The summed E-state index contributed by atoms with van der Waals surface area (Å²) in [6.07, 6.45) is 2.43. The van der Waals surface area contributed by atoms with E-state index >= 15 is 0 Å². The van der Waals surface area contributed by atoms with Crippen molar-refractivity contribution in [1.82, 2.24) is 10.3 Å². The van der Waals surface area contributed by atoms with Gasteiger partial charge in [0.25, 0.3) is 0 Å². The van der Waals surface area contributed by atoms with Gasteiger partial charge in [0.05, 0.1) is 0 Å². The van der Waals surface area contributed by atoms with Crippen LogP contribution in [-0.2, 0) is 9.59 Å². The summed E-state index contributed by atoms with van der Waals surface area (Å²) in [6, 6.07) is 6.02. The van der Waals surface area contributed by atoms with E-state index in [0.717, 1.165) is 6.08 Å². The average Bonchev–Trinajstić information content (AvgIpc) is 2.87. The Kier molecular flexibility index (Phi) is 4.68. The molecule has 3 N–H and O–H groups in total. The zero-order chi connectivity index (χ0) is 15.2. The molecule has 0 aliphatic rings. The van der Waals surface area contributed by atoms with Gasteiger partial charge in [0, 0.05) is 25.2 Å². The van der Waals surface area contributed by atoms with Crippen molar-refractivity contribution in [3.63, 3.8) is 0 Å². The van der Waals surface area contributed by atoms with Gasteiger partial charge in [0.1, 0.15) is 11.6 Å². The molecule has 0 saturated heterocycles. The predicted molar refractivity (Wildman–Crippen MR) is 74.3 cm³/mol. The van der Waals surface area contributed by atoms with E-state index in [1.165, 1.54) is 6.08 Å². The van der Waals surface area contributed by atoms with Gasteiger partial charge in [-0.15, -0.1) is 0 Å². The number of oxazole rings is 1. The second-order valence-corrected chi connectivity index (χ2v) is 4.26. The second kappa shape index (κ2) is 6.67. The first-order valence-electron chi connectivity index (χ1n) is 6.28. The van der Waals surface area contributed by atoms with Crippen LogP contribution in [0.5, 0.6) is 0 Å². The highest BCUT2D eigenvalue weighted by Crippen LogP contribution is 2.15. The molecular formula is C14H14N2O5. The quantitative estimate of drug-likeness (QED) is 0.678. The van der Waals surface area contributed by atoms with E-state index in [4.69, 9.17) is 14.6 Å². The van der Waals surface area contributed by atoms with Crippen molar-refractivity contribution in [2.24, 2.45) is 0 Å². The summed E-state index contributed by atoms with van der Waals surface area (Å²) < 4.78 is 5.38. The van der Waals surface area contributed by atoms with E-state index < -0.39 is 17.9 Å². The van der Waals surface area contributed by atoms with Crippen molar-refractivity contribution in [3.8, 4) is 0 Å². The number of hydrogen-bond donors (Lipinski definition) is 3. The number of carboxylic acid groups (broad SMARTS) is 1. The van der Waals surface area contributed by atoms with Gasteiger partial charge >= 0.3 is 5.97 Å². The first-order valence-corrected chi connectivity index (χ1v) is 6.28. The van der Waals surface area contributed by atoms with Crippen molar-refractivity contribution in [1.29, 1.82) is 0 Å². The maximum absolute atomic E-state index is 11.6. The van der Waals surface area contributed by atoms with Crippen molar-refractivity contribution in [3.05, 3.63) is 36.2 Å². The lowest BCUT2D eigenvalue weighted by Gasteiger charge is -2.10. The molecule has 1 heterocycles. The number of carbonyl (C=O) groups is 2. The molecule has 0 spiro atoms. The summed E-state index contributed by atoms with van der Waals surface area (Å²) >= 11 is 0. The number of fused-ring (bicyclic) bond motifs is 1. The number of amides is 1. The number of rotatable bonds is 6. The number of nitrogens with one attached hydrogen (secondary N) is 1. The first-order chi connectivity index (χ1) is 10.1. The molecule has 21 heavy (non-hydrogen) atoms. The molecule has 7 nitrogen and oxygen atoms in total. The maximum Gasteiger partial charge on any atom is 0.326 e. The minimum absolute atomic E-state index is 0.0577. The van der Waals surface area contributed by atoms with Gasteiger partial charge in [-0.3, -0.25) is 4.79 Å². The molecule has 0 aliphatic carbocycles. The summed E-state index contributed by atoms with van der Waals surface area (Å²) in [4.78, 5) is 26.6. The number of aromatic nitrogens is 1. The predicted octanol–water partition coefficient (Wildman–Crippen LogP) is 0.793.